The Balaban J connectivity index is 1.26. The van der Waals surface area contributed by atoms with Crippen LogP contribution in [0.3, 0.4) is 0 Å². The molecule has 0 saturated carbocycles. The highest BCUT2D eigenvalue weighted by molar-refractivity contribution is 7.16. The van der Waals surface area contributed by atoms with E-state index in [2.05, 4.69) is 37.0 Å². The van der Waals surface area contributed by atoms with Gasteiger partial charge < -0.3 is 15.0 Å². The van der Waals surface area contributed by atoms with Crippen molar-refractivity contribution in [2.45, 2.75) is 32.9 Å². The molecule has 0 unspecified atom stereocenters. The van der Waals surface area contributed by atoms with E-state index in [0.29, 0.717) is 25.6 Å². The molecule has 0 spiro atoms. The van der Waals surface area contributed by atoms with Gasteiger partial charge in [0.15, 0.2) is 5.13 Å². The van der Waals surface area contributed by atoms with Crippen molar-refractivity contribution in [3.63, 3.8) is 0 Å². The lowest BCUT2D eigenvalue weighted by molar-refractivity contribution is -0.143. The summed E-state index contributed by atoms with van der Waals surface area (Å²) in [7, 11) is 0. The van der Waals surface area contributed by atoms with Crippen LogP contribution in [0.25, 0.3) is 10.6 Å². The van der Waals surface area contributed by atoms with Gasteiger partial charge in [-0.15, -0.1) is 22.7 Å². The standard InChI is InChI=1S/C22H27ClN6O2S2/c1-3-31-21(30)4-5-28-6-7-29(12-15(28)2)20-11-24-17(9-25-20)10-26-22-27-18(14-33-22)19-8-16(23)13-32-19/h8-9,11,13-15H,3-7,10,12H2,1-2H3,(H,26,27)/t15-/m1/s1. The van der Waals surface area contributed by atoms with Gasteiger partial charge in [-0.3, -0.25) is 14.7 Å². The topological polar surface area (TPSA) is 83.5 Å². The Morgan fingerprint density at radius 3 is 2.85 bits per heavy atom. The summed E-state index contributed by atoms with van der Waals surface area (Å²) in [6.45, 7) is 8.31. The van der Waals surface area contributed by atoms with E-state index < -0.39 is 0 Å². The molecule has 3 aromatic rings. The Kier molecular flexibility index (Phi) is 8.13. The third-order valence-electron chi connectivity index (χ3n) is 5.43. The molecule has 1 N–H and O–H groups in total. The Hall–Kier alpha value is -2.27. The van der Waals surface area contributed by atoms with Crippen LogP contribution in [0.5, 0.6) is 0 Å². The summed E-state index contributed by atoms with van der Waals surface area (Å²) in [5.74, 6) is 0.744. The third kappa shape index (κ3) is 6.41. The first kappa shape index (κ1) is 23.9. The minimum atomic E-state index is -0.132. The van der Waals surface area contributed by atoms with Gasteiger partial charge in [0, 0.05) is 43.0 Å². The second-order valence-corrected chi connectivity index (χ2v) is 9.98. The number of aromatic nitrogens is 3. The van der Waals surface area contributed by atoms with Crippen LogP contribution in [-0.4, -0.2) is 64.6 Å². The van der Waals surface area contributed by atoms with E-state index in [9.17, 15) is 4.79 Å². The van der Waals surface area contributed by atoms with Crippen LogP contribution >= 0.6 is 34.3 Å². The van der Waals surface area contributed by atoms with E-state index in [1.165, 1.54) is 0 Å². The number of hydrogen-bond acceptors (Lipinski definition) is 10. The van der Waals surface area contributed by atoms with Crippen molar-refractivity contribution < 1.29 is 9.53 Å². The zero-order valence-electron chi connectivity index (χ0n) is 18.7. The van der Waals surface area contributed by atoms with Crippen molar-refractivity contribution in [1.29, 1.82) is 0 Å². The number of halogens is 1. The highest BCUT2D eigenvalue weighted by Crippen LogP contribution is 2.31. The molecule has 0 aliphatic carbocycles. The Labute approximate surface area is 206 Å². The van der Waals surface area contributed by atoms with Crippen LogP contribution in [0.15, 0.2) is 29.2 Å². The summed E-state index contributed by atoms with van der Waals surface area (Å²) >= 11 is 9.15. The van der Waals surface area contributed by atoms with Crippen LogP contribution < -0.4 is 10.2 Å². The molecule has 33 heavy (non-hydrogen) atoms. The lowest BCUT2D eigenvalue weighted by atomic mass is 10.2. The van der Waals surface area contributed by atoms with Gasteiger partial charge in [0.25, 0.3) is 0 Å². The predicted molar refractivity (Wildman–Crippen MR) is 134 cm³/mol. The number of anilines is 2. The number of piperazine rings is 1. The van der Waals surface area contributed by atoms with E-state index in [1.807, 2.05) is 36.1 Å². The fraction of sp³-hybridized carbons (Fsp3) is 0.455. The molecule has 176 valence electrons. The minimum absolute atomic E-state index is 0.132. The average Bonchev–Trinajstić information content (AvgIpc) is 3.46. The van der Waals surface area contributed by atoms with E-state index in [0.717, 1.165) is 58.4 Å². The van der Waals surface area contributed by atoms with Crippen molar-refractivity contribution in [1.82, 2.24) is 19.9 Å². The number of esters is 1. The van der Waals surface area contributed by atoms with Gasteiger partial charge in [0.2, 0.25) is 0 Å². The number of carbonyl (C=O) groups is 1. The number of carbonyl (C=O) groups excluding carboxylic acids is 1. The third-order valence-corrected chi connectivity index (χ3v) is 7.53. The zero-order chi connectivity index (χ0) is 23.2. The summed E-state index contributed by atoms with van der Waals surface area (Å²) in [6, 6.07) is 2.25. The quantitative estimate of drug-likeness (QED) is 0.428. The maximum atomic E-state index is 11.6. The summed E-state index contributed by atoms with van der Waals surface area (Å²) in [5, 5.41) is 8.83. The predicted octanol–water partition coefficient (Wildman–Crippen LogP) is 4.39. The molecular formula is C22H27ClN6O2S2. The first-order valence-electron chi connectivity index (χ1n) is 10.9. The molecule has 1 aliphatic rings. The second-order valence-electron chi connectivity index (χ2n) is 7.77. The van der Waals surface area contributed by atoms with Gasteiger partial charge in [0.1, 0.15) is 5.82 Å². The highest BCUT2D eigenvalue weighted by atomic mass is 35.5. The monoisotopic (exact) mass is 506 g/mol. The number of ether oxygens (including phenoxy) is 1. The molecule has 1 atom stereocenters. The van der Waals surface area contributed by atoms with E-state index in [-0.39, 0.29) is 5.97 Å². The Morgan fingerprint density at radius 1 is 1.27 bits per heavy atom. The fourth-order valence-electron chi connectivity index (χ4n) is 3.69. The Bertz CT molecular complexity index is 1060. The molecule has 3 aromatic heterocycles. The highest BCUT2D eigenvalue weighted by Gasteiger charge is 2.25. The number of nitrogens with zero attached hydrogens (tertiary/aromatic N) is 5. The molecule has 0 amide bonds. The zero-order valence-corrected chi connectivity index (χ0v) is 21.0. The smallest absolute Gasteiger partial charge is 0.307 e. The molecule has 1 fully saturated rings. The van der Waals surface area contributed by atoms with E-state index in [1.54, 1.807) is 22.7 Å². The normalized spacial score (nSPS) is 16.7. The van der Waals surface area contributed by atoms with Crippen molar-refractivity contribution >= 4 is 51.2 Å². The van der Waals surface area contributed by atoms with Gasteiger partial charge in [-0.1, -0.05) is 11.6 Å². The number of hydrogen-bond donors (Lipinski definition) is 1. The summed E-state index contributed by atoms with van der Waals surface area (Å²) in [6.07, 6.45) is 4.08. The molecular weight excluding hydrogens is 480 g/mol. The van der Waals surface area contributed by atoms with Gasteiger partial charge in [-0.05, 0) is 19.9 Å². The van der Waals surface area contributed by atoms with Crippen molar-refractivity contribution in [2.24, 2.45) is 0 Å². The largest absolute Gasteiger partial charge is 0.466 e. The molecule has 0 bridgehead atoms. The van der Waals surface area contributed by atoms with Crippen LogP contribution in [0.2, 0.25) is 5.02 Å². The molecule has 4 heterocycles. The number of rotatable bonds is 9. The molecule has 4 rings (SSSR count). The average molecular weight is 507 g/mol. The first-order chi connectivity index (χ1) is 16.0. The van der Waals surface area contributed by atoms with Gasteiger partial charge in [-0.2, -0.15) is 0 Å². The summed E-state index contributed by atoms with van der Waals surface area (Å²) in [5.41, 5.74) is 1.78. The van der Waals surface area contributed by atoms with E-state index in [4.69, 9.17) is 16.3 Å². The molecule has 0 aromatic carbocycles. The minimum Gasteiger partial charge on any atom is -0.466 e. The van der Waals surface area contributed by atoms with Crippen LogP contribution in [0.1, 0.15) is 26.0 Å². The van der Waals surface area contributed by atoms with Crippen LogP contribution in [0.4, 0.5) is 10.9 Å². The van der Waals surface area contributed by atoms with Crippen LogP contribution in [-0.2, 0) is 16.1 Å². The second kappa shape index (κ2) is 11.2. The number of thiazole rings is 1. The molecule has 11 heteroatoms. The lowest BCUT2D eigenvalue weighted by Gasteiger charge is -2.40. The van der Waals surface area contributed by atoms with Gasteiger partial charge in [-0.25, -0.2) is 9.97 Å². The van der Waals surface area contributed by atoms with Gasteiger partial charge >= 0.3 is 5.97 Å². The van der Waals surface area contributed by atoms with Crippen molar-refractivity contribution in [3.8, 4) is 10.6 Å². The molecule has 1 saturated heterocycles. The summed E-state index contributed by atoms with van der Waals surface area (Å²) < 4.78 is 5.03. The number of thiophene rings is 1. The fourth-order valence-corrected chi connectivity index (χ4v) is 5.51. The molecule has 0 radical (unpaired) electrons. The van der Waals surface area contributed by atoms with Crippen molar-refractivity contribution in [3.05, 3.63) is 39.9 Å². The first-order valence-corrected chi connectivity index (χ1v) is 13.0. The SMILES string of the molecule is CCOC(=O)CCN1CCN(c2cnc(CNc3nc(-c4cc(Cl)cs4)cs3)cn2)C[C@H]1C. The molecule has 8 nitrogen and oxygen atoms in total. The maximum Gasteiger partial charge on any atom is 0.307 e. The maximum absolute atomic E-state index is 11.6. The van der Waals surface area contributed by atoms with Crippen molar-refractivity contribution in [2.75, 3.05) is 43.0 Å². The van der Waals surface area contributed by atoms with Crippen LogP contribution in [0, 0.1) is 0 Å². The Morgan fingerprint density at radius 2 is 2.15 bits per heavy atom. The lowest BCUT2D eigenvalue weighted by Crippen LogP contribution is -2.52. The number of nitrogens with one attached hydrogen (secondary N) is 1. The summed E-state index contributed by atoms with van der Waals surface area (Å²) in [4.78, 5) is 31.1. The van der Waals surface area contributed by atoms with Gasteiger partial charge in [0.05, 0.1) is 53.3 Å². The van der Waals surface area contributed by atoms with E-state index >= 15 is 0 Å². The molecule has 1 aliphatic heterocycles.